The number of nitro groups is 1. The number of amides is 2. The molecule has 3 radical (unpaired) electrons. The Kier molecular flexibility index (Phi) is 12.5. The lowest BCUT2D eigenvalue weighted by Gasteiger charge is -2.30. The molecule has 0 saturated carbocycles. The number of anilines is 1. The first kappa shape index (κ1) is 38.3. The largest absolute Gasteiger partial charge is 0.514 e. The molecule has 0 aromatic heterocycles. The summed E-state index contributed by atoms with van der Waals surface area (Å²) in [7, 11) is 0. The maximum atomic E-state index is 13.1. The van der Waals surface area contributed by atoms with Crippen LogP contribution in [0.3, 0.4) is 0 Å². The van der Waals surface area contributed by atoms with Crippen LogP contribution in [0.1, 0.15) is 36.0 Å². The molecule has 1 aliphatic heterocycles. The molecule has 283 valence electrons. The molecule has 15 nitrogen and oxygen atoms in total. The van der Waals surface area contributed by atoms with Crippen LogP contribution >= 0.6 is 0 Å². The van der Waals surface area contributed by atoms with E-state index in [1.165, 1.54) is 37.3 Å². The molecule has 1 saturated heterocycles. The molecule has 1 aliphatic carbocycles. The number of non-ortho nitro benzene ring substituents is 1. The van der Waals surface area contributed by atoms with E-state index in [4.69, 9.17) is 28.4 Å². The van der Waals surface area contributed by atoms with Crippen LogP contribution in [0, 0.1) is 29.4 Å². The summed E-state index contributed by atoms with van der Waals surface area (Å²) < 4.78 is 32.8. The number of hydrogen-bond acceptors (Lipinski definition) is 12. The second kappa shape index (κ2) is 18.0. The Hall–Kier alpha value is -6.48. The van der Waals surface area contributed by atoms with Gasteiger partial charge in [-0.2, -0.15) is 0 Å². The minimum atomic E-state index is -1.06. The van der Waals surface area contributed by atoms with E-state index >= 15 is 0 Å². The van der Waals surface area contributed by atoms with Crippen LogP contribution in [0.15, 0.2) is 91.0 Å². The normalized spacial score (nSPS) is 15.8. The van der Waals surface area contributed by atoms with E-state index in [1.807, 2.05) is 48.5 Å². The minimum Gasteiger partial charge on any atom is -0.463 e. The van der Waals surface area contributed by atoms with Crippen molar-refractivity contribution in [3.05, 3.63) is 137 Å². The van der Waals surface area contributed by atoms with Crippen LogP contribution in [0.25, 0.3) is 11.1 Å². The van der Waals surface area contributed by atoms with Gasteiger partial charge < -0.3 is 39.1 Å². The van der Waals surface area contributed by atoms with Crippen molar-refractivity contribution in [1.29, 1.82) is 0 Å². The zero-order chi connectivity index (χ0) is 38.7. The highest BCUT2D eigenvalue weighted by Gasteiger charge is 2.29. The number of hydrogen-bond donors (Lipinski definition) is 2. The predicted octanol–water partition coefficient (Wildman–Crippen LogP) is 6.46. The highest BCUT2D eigenvalue weighted by Crippen LogP contribution is 2.44. The molecule has 0 spiro atoms. The Morgan fingerprint density at radius 2 is 1.55 bits per heavy atom. The van der Waals surface area contributed by atoms with Crippen LogP contribution in [-0.4, -0.2) is 61.2 Å². The van der Waals surface area contributed by atoms with Crippen LogP contribution in [-0.2, 0) is 35.1 Å². The van der Waals surface area contributed by atoms with Crippen molar-refractivity contribution in [3.8, 4) is 22.6 Å². The van der Waals surface area contributed by atoms with Gasteiger partial charge in [0.15, 0.2) is 0 Å². The average Bonchev–Trinajstić information content (AvgIpc) is 3.50. The maximum absolute atomic E-state index is 13.1. The number of fused-ring (bicyclic) bond motifs is 3. The number of nitrogens with one attached hydrogen (secondary N) is 2. The molecule has 0 bridgehead atoms. The van der Waals surface area contributed by atoms with Gasteiger partial charge in [-0.05, 0) is 64.9 Å². The molecule has 1 fully saturated rings. The maximum Gasteiger partial charge on any atom is 0.514 e. The number of rotatable bonds is 14. The Bertz CT molecular complexity index is 1990. The number of benzene rings is 4. The van der Waals surface area contributed by atoms with Crippen molar-refractivity contribution in [2.24, 2.45) is 0 Å². The zero-order valence-corrected chi connectivity index (χ0v) is 29.5. The van der Waals surface area contributed by atoms with Gasteiger partial charge in [-0.25, -0.2) is 9.59 Å². The number of nitro benzene ring substituents is 1. The topological polar surface area (TPSA) is 191 Å². The molecule has 6 rings (SSSR count). The smallest absolute Gasteiger partial charge is 0.463 e. The average molecular weight is 751 g/mol. The molecule has 55 heavy (non-hydrogen) atoms. The quantitative estimate of drug-likeness (QED) is 0.0471. The first-order valence-electron chi connectivity index (χ1n) is 17.2. The van der Waals surface area contributed by atoms with Crippen LogP contribution < -0.4 is 20.1 Å². The predicted molar refractivity (Wildman–Crippen MR) is 195 cm³/mol. The Morgan fingerprint density at radius 1 is 0.836 bits per heavy atom. The summed E-state index contributed by atoms with van der Waals surface area (Å²) in [6, 6.07) is 25.6. The highest BCUT2D eigenvalue weighted by molar-refractivity contribution is 5.92. The SMILES string of the molecule is CC(=O)OC[C@H]1[CH][CH][CH][C@H](Oc2ccc(COC(=O)Oc3ccc([N+](=O)[O-])cc3)cc2NC(=O)CCNC(=O)OCC2c3ccccc3-c3ccccc32)O1. The van der Waals surface area contributed by atoms with Gasteiger partial charge in [0.05, 0.1) is 16.7 Å². The standard InChI is InChI=1S/C40H36N3O12/c1-25(44)50-23-29-7-6-12-38(53-29)55-36-18-13-26(22-52-40(47)54-28-16-14-27(15-17-28)43(48)49)21-35(36)42-37(45)19-20-41-39(46)51-24-34-32-10-4-2-8-30(32)31-9-3-5-11-33(31)34/h2-18,21,29,34,38H,19-20,22-24H2,1H3,(H,41,46)(H,42,45)/t29-,38+/m1/s1. The van der Waals surface area contributed by atoms with Crippen molar-refractivity contribution in [2.75, 3.05) is 25.1 Å². The monoisotopic (exact) mass is 750 g/mol. The third-order valence-corrected chi connectivity index (χ3v) is 8.49. The molecule has 4 aromatic rings. The minimum absolute atomic E-state index is 0.0218. The summed E-state index contributed by atoms with van der Waals surface area (Å²) in [6.07, 6.45) is 1.70. The lowest BCUT2D eigenvalue weighted by atomic mass is 9.98. The summed E-state index contributed by atoms with van der Waals surface area (Å²) >= 11 is 0. The Morgan fingerprint density at radius 3 is 2.24 bits per heavy atom. The summed E-state index contributed by atoms with van der Waals surface area (Å²) in [6.45, 7) is 1.09. The molecular formula is C40H36N3O12. The fourth-order valence-corrected chi connectivity index (χ4v) is 5.94. The van der Waals surface area contributed by atoms with Gasteiger partial charge in [-0.3, -0.25) is 19.7 Å². The van der Waals surface area contributed by atoms with Crippen LogP contribution in [0.2, 0.25) is 0 Å². The third-order valence-electron chi connectivity index (χ3n) is 8.49. The summed E-state index contributed by atoms with van der Waals surface area (Å²) in [5.74, 6) is -0.795. The number of nitrogens with zero attached hydrogens (tertiary/aromatic N) is 1. The number of ether oxygens (including phenoxy) is 6. The van der Waals surface area contributed by atoms with Gasteiger partial charge in [-0.15, -0.1) is 0 Å². The van der Waals surface area contributed by atoms with Gasteiger partial charge in [-0.1, -0.05) is 54.6 Å². The Labute approximate surface area is 316 Å². The van der Waals surface area contributed by atoms with Crippen molar-refractivity contribution in [2.45, 2.75) is 38.3 Å². The first-order valence-corrected chi connectivity index (χ1v) is 17.2. The fraction of sp³-hybridized carbons (Fsp3) is 0.225. The second-order valence-electron chi connectivity index (χ2n) is 12.3. The Balaban J connectivity index is 1.04. The van der Waals surface area contributed by atoms with Crippen molar-refractivity contribution < 1.29 is 52.5 Å². The summed E-state index contributed by atoms with van der Waals surface area (Å²) in [5, 5.41) is 16.3. The number of alkyl carbamates (subject to hydrolysis) is 1. The van der Waals surface area contributed by atoms with E-state index in [-0.39, 0.29) is 61.6 Å². The van der Waals surface area contributed by atoms with E-state index in [2.05, 4.69) is 10.6 Å². The molecule has 2 atom stereocenters. The molecule has 2 aliphatic rings. The molecule has 0 unspecified atom stereocenters. The van der Waals surface area contributed by atoms with E-state index in [1.54, 1.807) is 31.4 Å². The van der Waals surface area contributed by atoms with Crippen molar-refractivity contribution in [1.82, 2.24) is 5.32 Å². The number of carbonyl (C=O) groups is 4. The van der Waals surface area contributed by atoms with E-state index in [0.29, 0.717) is 5.56 Å². The van der Waals surface area contributed by atoms with Crippen molar-refractivity contribution >= 4 is 35.5 Å². The molecule has 15 heteroatoms. The summed E-state index contributed by atoms with van der Waals surface area (Å²) in [5.41, 5.74) is 4.86. The van der Waals surface area contributed by atoms with Crippen molar-refractivity contribution in [3.63, 3.8) is 0 Å². The number of esters is 1. The van der Waals surface area contributed by atoms with E-state index in [9.17, 15) is 29.3 Å². The number of carbonyl (C=O) groups excluding carboxylic acids is 4. The second-order valence-corrected chi connectivity index (χ2v) is 12.3. The van der Waals surface area contributed by atoms with Gasteiger partial charge in [0.25, 0.3) is 5.69 Å². The molecule has 2 N–H and O–H groups in total. The highest BCUT2D eigenvalue weighted by atomic mass is 16.7. The van der Waals surface area contributed by atoms with Gasteiger partial charge in [0.2, 0.25) is 12.2 Å². The summed E-state index contributed by atoms with van der Waals surface area (Å²) in [4.78, 5) is 59.7. The molecule has 1 heterocycles. The van der Waals surface area contributed by atoms with Crippen LogP contribution in [0.4, 0.5) is 21.0 Å². The first-order chi connectivity index (χ1) is 26.6. The molecular weight excluding hydrogens is 714 g/mol. The van der Waals surface area contributed by atoms with Gasteiger partial charge in [0, 0.05) is 44.4 Å². The molecule has 2 amide bonds. The van der Waals surface area contributed by atoms with E-state index < -0.39 is 41.4 Å². The van der Waals surface area contributed by atoms with Gasteiger partial charge >= 0.3 is 18.2 Å². The third kappa shape index (κ3) is 10.4. The zero-order valence-electron chi connectivity index (χ0n) is 29.5. The lowest BCUT2D eigenvalue weighted by molar-refractivity contribution is -0.384. The fourth-order valence-electron chi connectivity index (χ4n) is 5.94. The lowest BCUT2D eigenvalue weighted by Crippen LogP contribution is -2.36. The molecule has 4 aromatic carbocycles. The van der Waals surface area contributed by atoms with Crippen LogP contribution in [0.5, 0.6) is 11.5 Å². The van der Waals surface area contributed by atoms with Gasteiger partial charge in [0.1, 0.15) is 31.3 Å². The van der Waals surface area contributed by atoms with E-state index in [0.717, 1.165) is 22.3 Å².